The van der Waals surface area contributed by atoms with E-state index in [9.17, 15) is 9.59 Å². The van der Waals surface area contributed by atoms with Crippen LogP contribution >= 0.6 is 0 Å². The number of benzene rings is 1. The van der Waals surface area contributed by atoms with E-state index in [2.05, 4.69) is 13.8 Å². The van der Waals surface area contributed by atoms with E-state index in [0.29, 0.717) is 12.5 Å². The minimum atomic E-state index is -0.925. The molecule has 0 fully saturated rings. The van der Waals surface area contributed by atoms with Crippen LogP contribution in [-0.4, -0.2) is 23.8 Å². The van der Waals surface area contributed by atoms with Crippen LogP contribution in [0, 0.1) is 0 Å². The summed E-state index contributed by atoms with van der Waals surface area (Å²) in [5, 5.41) is 0. The minimum absolute atomic E-state index is 0.389. The van der Waals surface area contributed by atoms with E-state index >= 15 is 0 Å². The molecule has 0 spiro atoms. The molecule has 1 aromatic carbocycles. The summed E-state index contributed by atoms with van der Waals surface area (Å²) < 4.78 is 0. The van der Waals surface area contributed by atoms with Crippen molar-refractivity contribution in [3.63, 3.8) is 0 Å². The average molecular weight is 234 g/mol. The molecular weight excluding hydrogens is 216 g/mol. The molecule has 4 nitrogen and oxygen atoms in total. The van der Waals surface area contributed by atoms with Crippen molar-refractivity contribution in [2.45, 2.75) is 26.3 Å². The van der Waals surface area contributed by atoms with Gasteiger partial charge in [0.25, 0.3) is 0 Å². The van der Waals surface area contributed by atoms with Crippen LogP contribution in [0.3, 0.4) is 0 Å². The molecule has 17 heavy (non-hydrogen) atoms. The maximum atomic E-state index is 11.3. The van der Waals surface area contributed by atoms with E-state index in [1.165, 1.54) is 10.5 Å². The molecule has 2 N–H and O–H groups in total. The number of amides is 2. The topological polar surface area (TPSA) is 63.4 Å². The van der Waals surface area contributed by atoms with Gasteiger partial charge in [-0.15, -0.1) is 0 Å². The number of nitrogens with two attached hydrogens (primary N) is 1. The summed E-state index contributed by atoms with van der Waals surface area (Å²) in [6.45, 7) is 4.63. The Hall–Kier alpha value is -1.84. The molecule has 0 aliphatic carbocycles. The lowest BCUT2D eigenvalue weighted by molar-refractivity contribution is -0.143. The molecule has 1 rings (SSSR count). The number of nitrogens with zero attached hydrogens (tertiary/aromatic N) is 1. The van der Waals surface area contributed by atoms with Gasteiger partial charge in [0.2, 0.25) is 0 Å². The quantitative estimate of drug-likeness (QED) is 0.800. The molecule has 4 heteroatoms. The number of carbonyl (C=O) groups excluding carboxylic acids is 2. The lowest BCUT2D eigenvalue weighted by Crippen LogP contribution is -2.37. The minimum Gasteiger partial charge on any atom is -0.361 e. The summed E-state index contributed by atoms with van der Waals surface area (Å²) in [5.41, 5.74) is 7.15. The third kappa shape index (κ3) is 3.59. The van der Waals surface area contributed by atoms with Crippen molar-refractivity contribution in [3.8, 4) is 0 Å². The second-order valence-electron chi connectivity index (χ2n) is 4.42. The van der Waals surface area contributed by atoms with Crippen LogP contribution in [0.4, 0.5) is 0 Å². The molecule has 1 aromatic rings. The summed E-state index contributed by atoms with van der Waals surface area (Å²) in [5.74, 6) is -1.11. The van der Waals surface area contributed by atoms with Gasteiger partial charge >= 0.3 is 11.8 Å². The van der Waals surface area contributed by atoms with Crippen LogP contribution < -0.4 is 5.73 Å². The molecule has 0 saturated heterocycles. The van der Waals surface area contributed by atoms with E-state index < -0.39 is 11.8 Å². The molecule has 0 aliphatic rings. The van der Waals surface area contributed by atoms with Crippen LogP contribution in [0.1, 0.15) is 30.9 Å². The first-order valence-electron chi connectivity index (χ1n) is 5.55. The number of primary amides is 1. The summed E-state index contributed by atoms with van der Waals surface area (Å²) in [4.78, 5) is 23.3. The lowest BCUT2D eigenvalue weighted by Gasteiger charge is -2.15. The molecule has 0 aliphatic heterocycles. The van der Waals surface area contributed by atoms with Gasteiger partial charge < -0.3 is 10.6 Å². The van der Waals surface area contributed by atoms with E-state index in [4.69, 9.17) is 5.73 Å². The Kier molecular flexibility index (Phi) is 4.26. The van der Waals surface area contributed by atoms with Gasteiger partial charge in [0, 0.05) is 13.6 Å². The van der Waals surface area contributed by atoms with Crippen LogP contribution in [0.5, 0.6) is 0 Å². The van der Waals surface area contributed by atoms with E-state index in [1.54, 1.807) is 7.05 Å². The fraction of sp³-hybridized carbons (Fsp3) is 0.385. The zero-order chi connectivity index (χ0) is 13.0. The first kappa shape index (κ1) is 13.2. The van der Waals surface area contributed by atoms with Crippen LogP contribution in [-0.2, 0) is 16.1 Å². The van der Waals surface area contributed by atoms with Crippen molar-refractivity contribution in [1.82, 2.24) is 4.90 Å². The predicted octanol–water partition coefficient (Wildman–Crippen LogP) is 1.25. The number of likely N-dealkylation sites (N-methyl/N-ethyl adjacent to an activating group) is 1. The van der Waals surface area contributed by atoms with Crippen molar-refractivity contribution in [3.05, 3.63) is 35.4 Å². The molecule has 0 bridgehead atoms. The molecule has 0 unspecified atom stereocenters. The largest absolute Gasteiger partial charge is 0.361 e. The average Bonchev–Trinajstić information content (AvgIpc) is 2.28. The van der Waals surface area contributed by atoms with Crippen molar-refractivity contribution >= 4 is 11.8 Å². The fourth-order valence-electron chi connectivity index (χ4n) is 1.54. The second kappa shape index (κ2) is 5.48. The normalized spacial score (nSPS) is 10.4. The first-order chi connectivity index (χ1) is 7.91. The van der Waals surface area contributed by atoms with Gasteiger partial charge in [-0.25, -0.2) is 0 Å². The Bertz CT molecular complexity index is 410. The van der Waals surface area contributed by atoms with Gasteiger partial charge in [-0.1, -0.05) is 38.1 Å². The third-order valence-electron chi connectivity index (χ3n) is 2.62. The van der Waals surface area contributed by atoms with Crippen LogP contribution in [0.2, 0.25) is 0 Å². The highest BCUT2D eigenvalue weighted by Crippen LogP contribution is 2.15. The van der Waals surface area contributed by atoms with Crippen LogP contribution in [0.25, 0.3) is 0 Å². The Balaban J connectivity index is 2.69. The molecule has 0 saturated carbocycles. The Morgan fingerprint density at radius 3 is 2.18 bits per heavy atom. The number of carbonyl (C=O) groups is 2. The van der Waals surface area contributed by atoms with Gasteiger partial charge in [-0.05, 0) is 17.0 Å². The maximum Gasteiger partial charge on any atom is 0.311 e. The monoisotopic (exact) mass is 234 g/mol. The number of rotatable bonds is 3. The smallest absolute Gasteiger partial charge is 0.311 e. The first-order valence-corrected chi connectivity index (χ1v) is 5.55. The van der Waals surface area contributed by atoms with Crippen molar-refractivity contribution < 1.29 is 9.59 Å². The predicted molar refractivity (Wildman–Crippen MR) is 66.2 cm³/mol. The zero-order valence-corrected chi connectivity index (χ0v) is 10.4. The molecule has 0 heterocycles. The highest BCUT2D eigenvalue weighted by Gasteiger charge is 2.14. The Labute approximate surface area is 101 Å². The summed E-state index contributed by atoms with van der Waals surface area (Å²) in [6.07, 6.45) is 0. The summed E-state index contributed by atoms with van der Waals surface area (Å²) in [7, 11) is 1.56. The highest BCUT2D eigenvalue weighted by molar-refractivity contribution is 6.34. The highest BCUT2D eigenvalue weighted by atomic mass is 16.2. The van der Waals surface area contributed by atoms with Gasteiger partial charge in [0.05, 0.1) is 0 Å². The van der Waals surface area contributed by atoms with E-state index in [-0.39, 0.29) is 0 Å². The lowest BCUT2D eigenvalue weighted by atomic mass is 10.0. The second-order valence-corrected chi connectivity index (χ2v) is 4.42. The van der Waals surface area contributed by atoms with Gasteiger partial charge in [-0.2, -0.15) is 0 Å². The number of hydrogen-bond acceptors (Lipinski definition) is 2. The summed E-state index contributed by atoms with van der Waals surface area (Å²) >= 11 is 0. The molecule has 0 aromatic heterocycles. The van der Waals surface area contributed by atoms with Gasteiger partial charge in [0.15, 0.2) is 0 Å². The van der Waals surface area contributed by atoms with Gasteiger partial charge in [0.1, 0.15) is 0 Å². The van der Waals surface area contributed by atoms with E-state index in [0.717, 1.165) is 5.56 Å². The Morgan fingerprint density at radius 2 is 1.76 bits per heavy atom. The third-order valence-corrected chi connectivity index (χ3v) is 2.62. The van der Waals surface area contributed by atoms with Crippen molar-refractivity contribution in [2.24, 2.45) is 5.73 Å². The van der Waals surface area contributed by atoms with E-state index in [1.807, 2.05) is 24.3 Å². The Morgan fingerprint density at radius 1 is 1.24 bits per heavy atom. The zero-order valence-electron chi connectivity index (χ0n) is 10.4. The molecule has 0 radical (unpaired) electrons. The molecule has 2 amide bonds. The number of hydrogen-bond donors (Lipinski definition) is 1. The summed E-state index contributed by atoms with van der Waals surface area (Å²) in [6, 6.07) is 7.98. The standard InChI is InChI=1S/C13H18N2O2/c1-9(2)11-6-4-10(5-7-11)8-15(3)13(17)12(14)16/h4-7,9H,8H2,1-3H3,(H2,14,16). The van der Waals surface area contributed by atoms with Gasteiger partial charge in [-0.3, -0.25) is 9.59 Å². The van der Waals surface area contributed by atoms with Crippen molar-refractivity contribution in [1.29, 1.82) is 0 Å². The SMILES string of the molecule is CC(C)c1ccc(CN(C)C(=O)C(N)=O)cc1. The van der Waals surface area contributed by atoms with Crippen LogP contribution in [0.15, 0.2) is 24.3 Å². The molecular formula is C13H18N2O2. The maximum absolute atomic E-state index is 11.3. The molecule has 0 atom stereocenters. The molecule has 92 valence electrons. The fourth-order valence-corrected chi connectivity index (χ4v) is 1.54. The van der Waals surface area contributed by atoms with Crippen molar-refractivity contribution in [2.75, 3.05) is 7.05 Å².